The third kappa shape index (κ3) is 2.18. The van der Waals surface area contributed by atoms with E-state index in [4.69, 9.17) is 0 Å². The average molecular weight is 199 g/mol. The van der Waals surface area contributed by atoms with Crippen LogP contribution in [0.4, 0.5) is 0 Å². The maximum atomic E-state index is 9.96. The lowest BCUT2D eigenvalue weighted by atomic mass is 9.86. The molecular weight excluding hydrogens is 178 g/mol. The maximum Gasteiger partial charge on any atom is 0.194 e. The first-order chi connectivity index (χ1) is 6.24. The molecule has 4 heteroatoms. The minimum absolute atomic E-state index is 0.384. The van der Waals surface area contributed by atoms with E-state index >= 15 is 0 Å². The summed E-state index contributed by atoms with van der Waals surface area (Å²) in [4.78, 5) is 6.40. The van der Waals surface area contributed by atoms with Gasteiger partial charge in [-0.3, -0.25) is 4.99 Å². The summed E-state index contributed by atoms with van der Waals surface area (Å²) in [5.74, 6) is 0.872. The highest BCUT2D eigenvalue weighted by molar-refractivity contribution is 5.82. The molecule has 0 aliphatic carbocycles. The van der Waals surface area contributed by atoms with E-state index in [1.807, 2.05) is 20.9 Å². The van der Waals surface area contributed by atoms with Crippen molar-refractivity contribution in [1.29, 1.82) is 0 Å². The molecule has 0 unspecified atom stereocenters. The van der Waals surface area contributed by atoms with E-state index in [0.717, 1.165) is 19.0 Å². The maximum absolute atomic E-state index is 9.96. The Kier molecular flexibility index (Phi) is 2.76. The molecule has 0 saturated heterocycles. The molecule has 0 saturated carbocycles. The monoisotopic (exact) mass is 199 g/mol. The molecular formula is C10H21N3O. The molecule has 0 spiro atoms. The quantitative estimate of drug-likeness (QED) is 0.678. The molecule has 1 heterocycles. The zero-order valence-electron chi connectivity index (χ0n) is 9.76. The minimum atomic E-state index is -0.779. The molecule has 0 amide bonds. The SMILES string of the molecule is CN1CCN=C1NC(C)(C)C(C)(C)O. The van der Waals surface area contributed by atoms with Crippen molar-refractivity contribution >= 4 is 5.96 Å². The Balaban J connectivity index is 2.68. The number of rotatable bonds is 2. The van der Waals surface area contributed by atoms with Gasteiger partial charge in [-0.2, -0.15) is 0 Å². The van der Waals surface area contributed by atoms with Gasteiger partial charge in [-0.15, -0.1) is 0 Å². The number of guanidine groups is 1. The van der Waals surface area contributed by atoms with E-state index in [1.54, 1.807) is 13.8 Å². The Morgan fingerprint density at radius 1 is 1.36 bits per heavy atom. The van der Waals surface area contributed by atoms with Crippen molar-refractivity contribution in [1.82, 2.24) is 10.2 Å². The van der Waals surface area contributed by atoms with E-state index in [2.05, 4.69) is 15.2 Å². The first kappa shape index (κ1) is 11.3. The lowest BCUT2D eigenvalue weighted by Gasteiger charge is -2.39. The summed E-state index contributed by atoms with van der Waals surface area (Å²) in [6.45, 7) is 9.33. The van der Waals surface area contributed by atoms with Gasteiger partial charge in [0.15, 0.2) is 5.96 Å². The molecule has 4 nitrogen and oxygen atoms in total. The summed E-state index contributed by atoms with van der Waals surface area (Å²) in [6.07, 6.45) is 0. The lowest BCUT2D eigenvalue weighted by molar-refractivity contribution is 0.00357. The van der Waals surface area contributed by atoms with Crippen LogP contribution >= 0.6 is 0 Å². The number of aliphatic hydroxyl groups is 1. The second-order valence-corrected chi connectivity index (χ2v) is 4.94. The number of nitrogens with zero attached hydrogens (tertiary/aromatic N) is 2. The Bertz CT molecular complexity index is 240. The van der Waals surface area contributed by atoms with E-state index in [0.29, 0.717) is 0 Å². The van der Waals surface area contributed by atoms with Gasteiger partial charge in [0.25, 0.3) is 0 Å². The van der Waals surface area contributed by atoms with Gasteiger partial charge < -0.3 is 15.3 Å². The van der Waals surface area contributed by atoms with Crippen molar-refractivity contribution in [2.24, 2.45) is 4.99 Å². The Morgan fingerprint density at radius 3 is 2.29 bits per heavy atom. The van der Waals surface area contributed by atoms with Crippen LogP contribution in [0.1, 0.15) is 27.7 Å². The molecule has 82 valence electrons. The summed E-state index contributed by atoms with van der Waals surface area (Å²) < 4.78 is 0. The number of aliphatic imine (C=N–C) groups is 1. The summed E-state index contributed by atoms with van der Waals surface area (Å²) in [5.41, 5.74) is -1.16. The molecule has 0 bridgehead atoms. The van der Waals surface area contributed by atoms with Crippen molar-refractivity contribution in [2.75, 3.05) is 20.1 Å². The molecule has 1 aliphatic rings. The number of hydrogen-bond donors (Lipinski definition) is 2. The van der Waals surface area contributed by atoms with Crippen molar-refractivity contribution in [3.05, 3.63) is 0 Å². The Morgan fingerprint density at radius 2 is 1.93 bits per heavy atom. The summed E-state index contributed by atoms with van der Waals surface area (Å²) in [6, 6.07) is 0. The standard InChI is InChI=1S/C10H21N3O/c1-9(2,10(3,4)14)12-8-11-6-7-13(8)5/h14H,6-7H2,1-5H3,(H,11,12). The summed E-state index contributed by atoms with van der Waals surface area (Å²) >= 11 is 0. The second kappa shape index (κ2) is 3.42. The van der Waals surface area contributed by atoms with Crippen LogP contribution in [0.5, 0.6) is 0 Å². The highest BCUT2D eigenvalue weighted by Gasteiger charge is 2.36. The Hall–Kier alpha value is -0.770. The van der Waals surface area contributed by atoms with Crippen LogP contribution in [0.15, 0.2) is 4.99 Å². The molecule has 14 heavy (non-hydrogen) atoms. The minimum Gasteiger partial charge on any atom is -0.388 e. The van der Waals surface area contributed by atoms with Crippen molar-refractivity contribution in [3.8, 4) is 0 Å². The molecule has 0 aromatic heterocycles. The zero-order valence-corrected chi connectivity index (χ0v) is 9.76. The van der Waals surface area contributed by atoms with Crippen LogP contribution in [0, 0.1) is 0 Å². The van der Waals surface area contributed by atoms with Crippen LogP contribution in [-0.2, 0) is 0 Å². The van der Waals surface area contributed by atoms with Gasteiger partial charge in [0.1, 0.15) is 0 Å². The molecule has 0 aromatic carbocycles. The van der Waals surface area contributed by atoms with Crippen molar-refractivity contribution in [2.45, 2.75) is 38.8 Å². The number of nitrogens with one attached hydrogen (secondary N) is 1. The van der Waals surface area contributed by atoms with Gasteiger partial charge in [-0.05, 0) is 27.7 Å². The summed E-state index contributed by atoms with van der Waals surface area (Å²) in [7, 11) is 2.00. The first-order valence-corrected chi connectivity index (χ1v) is 5.00. The van der Waals surface area contributed by atoms with E-state index < -0.39 is 5.60 Å². The fourth-order valence-corrected chi connectivity index (χ4v) is 1.10. The van der Waals surface area contributed by atoms with Crippen LogP contribution in [0.3, 0.4) is 0 Å². The molecule has 2 N–H and O–H groups in total. The van der Waals surface area contributed by atoms with Gasteiger partial charge in [0, 0.05) is 13.6 Å². The predicted octanol–water partition coefficient (Wildman–Crippen LogP) is 0.427. The number of likely N-dealkylation sites (N-methyl/N-ethyl adjacent to an activating group) is 1. The molecule has 0 fully saturated rings. The van der Waals surface area contributed by atoms with Gasteiger partial charge in [0.05, 0.1) is 17.7 Å². The fraction of sp³-hybridized carbons (Fsp3) is 0.900. The van der Waals surface area contributed by atoms with Crippen molar-refractivity contribution in [3.63, 3.8) is 0 Å². The molecule has 0 radical (unpaired) electrons. The second-order valence-electron chi connectivity index (χ2n) is 4.94. The normalized spacial score (nSPS) is 18.4. The van der Waals surface area contributed by atoms with Crippen molar-refractivity contribution < 1.29 is 5.11 Å². The Labute approximate surface area is 86.0 Å². The lowest BCUT2D eigenvalue weighted by Crippen LogP contribution is -2.59. The topological polar surface area (TPSA) is 47.9 Å². The van der Waals surface area contributed by atoms with Gasteiger partial charge in [-0.25, -0.2) is 0 Å². The third-order valence-electron chi connectivity index (χ3n) is 3.01. The highest BCUT2D eigenvalue weighted by atomic mass is 16.3. The average Bonchev–Trinajstić information content (AvgIpc) is 2.33. The van der Waals surface area contributed by atoms with E-state index in [-0.39, 0.29) is 5.54 Å². The van der Waals surface area contributed by atoms with Gasteiger partial charge in [-0.1, -0.05) is 0 Å². The van der Waals surface area contributed by atoms with Crippen LogP contribution in [0.25, 0.3) is 0 Å². The van der Waals surface area contributed by atoms with E-state index in [9.17, 15) is 5.11 Å². The van der Waals surface area contributed by atoms with Gasteiger partial charge in [0.2, 0.25) is 0 Å². The van der Waals surface area contributed by atoms with Crippen LogP contribution < -0.4 is 5.32 Å². The zero-order chi connectivity index (χ0) is 11.0. The molecule has 1 rings (SSSR count). The molecule has 0 atom stereocenters. The number of hydrogen-bond acceptors (Lipinski definition) is 4. The highest BCUT2D eigenvalue weighted by Crippen LogP contribution is 2.21. The largest absolute Gasteiger partial charge is 0.388 e. The first-order valence-electron chi connectivity index (χ1n) is 5.00. The molecule has 1 aliphatic heterocycles. The fourth-order valence-electron chi connectivity index (χ4n) is 1.10. The summed E-state index contributed by atoms with van der Waals surface area (Å²) in [5, 5.41) is 13.2. The smallest absolute Gasteiger partial charge is 0.194 e. The molecule has 0 aromatic rings. The van der Waals surface area contributed by atoms with Gasteiger partial charge >= 0.3 is 0 Å². The predicted molar refractivity (Wildman–Crippen MR) is 58.4 cm³/mol. The third-order valence-corrected chi connectivity index (χ3v) is 3.01. The van der Waals surface area contributed by atoms with E-state index in [1.165, 1.54) is 0 Å². The van der Waals surface area contributed by atoms with Crippen LogP contribution in [-0.4, -0.2) is 47.2 Å². The van der Waals surface area contributed by atoms with Crippen LogP contribution in [0.2, 0.25) is 0 Å².